The Labute approximate surface area is 147 Å². The first-order valence-corrected chi connectivity index (χ1v) is 9.03. The van der Waals surface area contributed by atoms with Gasteiger partial charge < -0.3 is 10.2 Å². The zero-order valence-electron chi connectivity index (χ0n) is 14.5. The van der Waals surface area contributed by atoms with Crippen molar-refractivity contribution in [2.75, 3.05) is 6.54 Å². The molecule has 1 spiro atoms. The van der Waals surface area contributed by atoms with Gasteiger partial charge in [-0.15, -0.1) is 0 Å². The molecule has 1 unspecified atom stereocenters. The van der Waals surface area contributed by atoms with Gasteiger partial charge in [-0.2, -0.15) is 0 Å². The van der Waals surface area contributed by atoms with Crippen LogP contribution in [0.5, 0.6) is 0 Å². The lowest BCUT2D eigenvalue weighted by Crippen LogP contribution is -2.51. The van der Waals surface area contributed by atoms with E-state index in [4.69, 9.17) is 0 Å². The van der Waals surface area contributed by atoms with E-state index in [1.54, 1.807) is 11.8 Å². The molecule has 3 aliphatic rings. The van der Waals surface area contributed by atoms with Crippen LogP contribution in [0.2, 0.25) is 0 Å². The second-order valence-electron chi connectivity index (χ2n) is 7.35. The normalized spacial score (nSPS) is 22.9. The quantitative estimate of drug-likeness (QED) is 0.834. The minimum atomic E-state index is -0.766. The molecule has 1 atom stereocenters. The molecule has 6 heteroatoms. The van der Waals surface area contributed by atoms with Crippen molar-refractivity contribution < 1.29 is 14.4 Å². The largest absolute Gasteiger partial charge is 0.336 e. The van der Waals surface area contributed by atoms with E-state index in [0.29, 0.717) is 25.9 Å². The molecule has 2 fully saturated rings. The van der Waals surface area contributed by atoms with Crippen molar-refractivity contribution in [2.24, 2.45) is 0 Å². The van der Waals surface area contributed by atoms with Crippen molar-refractivity contribution in [3.63, 3.8) is 0 Å². The lowest BCUT2D eigenvalue weighted by Gasteiger charge is -2.33. The predicted octanol–water partition coefficient (Wildman–Crippen LogP) is 1.82. The third-order valence-electron chi connectivity index (χ3n) is 5.84. The van der Waals surface area contributed by atoms with Crippen LogP contribution in [-0.2, 0) is 22.6 Å². The second-order valence-corrected chi connectivity index (χ2v) is 7.35. The minimum absolute atomic E-state index is 0.159. The summed E-state index contributed by atoms with van der Waals surface area (Å²) in [4.78, 5) is 41.1. The van der Waals surface area contributed by atoms with Gasteiger partial charge in [-0.05, 0) is 37.3 Å². The van der Waals surface area contributed by atoms with Gasteiger partial charge >= 0.3 is 6.03 Å². The average molecular weight is 341 g/mol. The van der Waals surface area contributed by atoms with Gasteiger partial charge in [0.05, 0.1) is 0 Å². The molecule has 6 nitrogen and oxygen atoms in total. The zero-order valence-corrected chi connectivity index (χ0v) is 14.5. The highest BCUT2D eigenvalue weighted by atomic mass is 16.2. The van der Waals surface area contributed by atoms with Crippen molar-refractivity contribution in [1.82, 2.24) is 15.1 Å². The zero-order chi connectivity index (χ0) is 17.6. The summed E-state index contributed by atoms with van der Waals surface area (Å²) < 4.78 is 0. The molecule has 25 heavy (non-hydrogen) atoms. The van der Waals surface area contributed by atoms with Gasteiger partial charge in [-0.3, -0.25) is 9.59 Å². The van der Waals surface area contributed by atoms with Gasteiger partial charge in [0.25, 0.3) is 5.91 Å². The standard InChI is InChI=1S/C19H23N3O3/c1-13(22-17(24)19(20-18(22)25)9-4-5-10-19)16(23)21-11-8-14-6-2-3-7-15(14)12-21/h2-3,6-7,13H,4-5,8-12H2,1H3,(H,20,25). The summed E-state index contributed by atoms with van der Waals surface area (Å²) in [7, 11) is 0. The number of imide groups is 1. The van der Waals surface area contributed by atoms with Gasteiger partial charge in [0.15, 0.2) is 0 Å². The lowest BCUT2D eigenvalue weighted by molar-refractivity contribution is -0.143. The van der Waals surface area contributed by atoms with Crippen LogP contribution in [0.15, 0.2) is 24.3 Å². The molecule has 1 aromatic rings. The monoisotopic (exact) mass is 341 g/mol. The first-order chi connectivity index (χ1) is 12.0. The van der Waals surface area contributed by atoms with Crippen LogP contribution >= 0.6 is 0 Å². The second kappa shape index (κ2) is 5.86. The number of rotatable bonds is 2. The maximum atomic E-state index is 12.9. The third-order valence-corrected chi connectivity index (χ3v) is 5.84. The fourth-order valence-electron chi connectivity index (χ4n) is 4.37. The number of fused-ring (bicyclic) bond motifs is 1. The third kappa shape index (κ3) is 2.51. The van der Waals surface area contributed by atoms with E-state index in [-0.39, 0.29) is 11.8 Å². The maximum absolute atomic E-state index is 12.9. The Kier molecular flexibility index (Phi) is 3.78. The Balaban J connectivity index is 1.51. The SMILES string of the molecule is CC(C(=O)N1CCc2ccccc2C1)N1C(=O)NC2(CCCC2)C1=O. The molecule has 0 radical (unpaired) electrons. The summed E-state index contributed by atoms with van der Waals surface area (Å²) in [6.45, 7) is 2.82. The van der Waals surface area contributed by atoms with E-state index < -0.39 is 17.6 Å². The van der Waals surface area contributed by atoms with Crippen molar-refractivity contribution in [2.45, 2.75) is 57.2 Å². The number of hydrogen-bond acceptors (Lipinski definition) is 3. The number of carbonyl (C=O) groups excluding carboxylic acids is 3. The summed E-state index contributed by atoms with van der Waals surface area (Å²) in [5, 5.41) is 2.85. The number of benzene rings is 1. The number of nitrogens with one attached hydrogen (secondary N) is 1. The average Bonchev–Trinajstić information content (AvgIpc) is 3.19. The van der Waals surface area contributed by atoms with Crippen LogP contribution in [0, 0.1) is 0 Å². The van der Waals surface area contributed by atoms with E-state index in [9.17, 15) is 14.4 Å². The topological polar surface area (TPSA) is 69.7 Å². The van der Waals surface area contributed by atoms with Gasteiger partial charge in [0.1, 0.15) is 11.6 Å². The molecule has 4 amide bonds. The van der Waals surface area contributed by atoms with Crippen LogP contribution in [0.25, 0.3) is 0 Å². The van der Waals surface area contributed by atoms with Gasteiger partial charge in [0, 0.05) is 13.1 Å². The summed E-state index contributed by atoms with van der Waals surface area (Å²) in [5.41, 5.74) is 1.64. The molecular formula is C19H23N3O3. The minimum Gasteiger partial charge on any atom is -0.336 e. The Morgan fingerprint density at radius 2 is 1.84 bits per heavy atom. The van der Waals surface area contributed by atoms with Gasteiger partial charge in [0.2, 0.25) is 5.91 Å². The highest BCUT2D eigenvalue weighted by Gasteiger charge is 2.54. The predicted molar refractivity (Wildman–Crippen MR) is 91.6 cm³/mol. The van der Waals surface area contributed by atoms with Crippen molar-refractivity contribution >= 4 is 17.8 Å². The summed E-state index contributed by atoms with van der Waals surface area (Å²) in [5.74, 6) is -0.388. The van der Waals surface area contributed by atoms with Crippen LogP contribution in [0.1, 0.15) is 43.7 Å². The summed E-state index contributed by atoms with van der Waals surface area (Å²) in [6, 6.07) is 6.90. The summed E-state index contributed by atoms with van der Waals surface area (Å²) in [6.07, 6.45) is 4.02. The van der Waals surface area contributed by atoms with E-state index in [0.717, 1.165) is 29.7 Å². The number of carbonyl (C=O) groups is 3. The Bertz CT molecular complexity index is 739. The molecule has 1 saturated carbocycles. The van der Waals surface area contributed by atoms with Crippen molar-refractivity contribution in [3.05, 3.63) is 35.4 Å². The molecule has 1 aromatic carbocycles. The van der Waals surface area contributed by atoms with Crippen LogP contribution in [-0.4, -0.2) is 45.8 Å². The fraction of sp³-hybridized carbons (Fsp3) is 0.526. The van der Waals surface area contributed by atoms with Crippen molar-refractivity contribution in [3.8, 4) is 0 Å². The fourth-order valence-corrected chi connectivity index (χ4v) is 4.37. The highest BCUT2D eigenvalue weighted by molar-refractivity contribution is 6.10. The molecule has 1 saturated heterocycles. The molecule has 1 aliphatic carbocycles. The Morgan fingerprint density at radius 3 is 2.56 bits per heavy atom. The van der Waals surface area contributed by atoms with Crippen molar-refractivity contribution in [1.29, 1.82) is 0 Å². The first-order valence-electron chi connectivity index (χ1n) is 9.03. The number of amides is 4. The van der Waals surface area contributed by atoms with E-state index in [1.807, 2.05) is 18.2 Å². The number of hydrogen-bond donors (Lipinski definition) is 1. The Hall–Kier alpha value is -2.37. The van der Waals surface area contributed by atoms with Crippen LogP contribution < -0.4 is 5.32 Å². The maximum Gasteiger partial charge on any atom is 0.325 e. The van der Waals surface area contributed by atoms with Gasteiger partial charge in [-0.25, -0.2) is 9.69 Å². The number of nitrogens with zero attached hydrogens (tertiary/aromatic N) is 2. The molecule has 4 rings (SSSR count). The number of urea groups is 1. The molecule has 2 aliphatic heterocycles. The smallest absolute Gasteiger partial charge is 0.325 e. The van der Waals surface area contributed by atoms with Crippen LogP contribution in [0.4, 0.5) is 4.79 Å². The molecule has 132 valence electrons. The molecule has 0 aromatic heterocycles. The molecule has 0 bridgehead atoms. The lowest BCUT2D eigenvalue weighted by atomic mass is 9.97. The highest BCUT2D eigenvalue weighted by Crippen LogP contribution is 2.36. The van der Waals surface area contributed by atoms with E-state index >= 15 is 0 Å². The Morgan fingerprint density at radius 1 is 1.16 bits per heavy atom. The molecule has 1 N–H and O–H groups in total. The molecule has 2 heterocycles. The van der Waals surface area contributed by atoms with Gasteiger partial charge in [-0.1, -0.05) is 37.1 Å². The van der Waals surface area contributed by atoms with E-state index in [1.165, 1.54) is 5.56 Å². The first kappa shape index (κ1) is 16.1. The summed E-state index contributed by atoms with van der Waals surface area (Å²) >= 11 is 0. The van der Waals surface area contributed by atoms with E-state index in [2.05, 4.69) is 11.4 Å². The van der Waals surface area contributed by atoms with Crippen LogP contribution in [0.3, 0.4) is 0 Å². The molecular weight excluding hydrogens is 318 g/mol.